The van der Waals surface area contributed by atoms with Crippen LogP contribution in [0.1, 0.15) is 32.1 Å². The first-order valence-corrected chi connectivity index (χ1v) is 11.3. The van der Waals surface area contributed by atoms with Gasteiger partial charge >= 0.3 is 0 Å². The minimum Gasteiger partial charge on any atom is -0.380 e. The Labute approximate surface area is 182 Å². The second kappa shape index (κ2) is 8.92. The highest BCUT2D eigenvalue weighted by Gasteiger charge is 2.27. The summed E-state index contributed by atoms with van der Waals surface area (Å²) in [5.41, 5.74) is 2.94. The summed E-state index contributed by atoms with van der Waals surface area (Å²) in [4.78, 5) is 11.6. The molecule has 5 rings (SSSR count). The Balaban J connectivity index is 1.34. The third-order valence-electron chi connectivity index (χ3n) is 6.35. The van der Waals surface area contributed by atoms with Crippen molar-refractivity contribution in [2.24, 2.45) is 0 Å². The molecule has 7 heteroatoms. The van der Waals surface area contributed by atoms with E-state index in [2.05, 4.69) is 36.9 Å². The smallest absolute Gasteiger partial charge is 0.225 e. The molecule has 158 valence electrons. The Hall–Kier alpha value is -2.15. The zero-order valence-electron chi connectivity index (χ0n) is 17.1. The quantitative estimate of drug-likeness (QED) is 0.623. The maximum Gasteiger partial charge on any atom is 0.225 e. The summed E-state index contributed by atoms with van der Waals surface area (Å²) in [7, 11) is 0. The van der Waals surface area contributed by atoms with Gasteiger partial charge in [0.25, 0.3) is 0 Å². The second-order valence-corrected chi connectivity index (χ2v) is 8.59. The predicted molar refractivity (Wildman–Crippen MR) is 121 cm³/mol. The molecule has 1 N–H and O–H groups in total. The number of nitrogens with zero attached hydrogens (tertiary/aromatic N) is 4. The lowest BCUT2D eigenvalue weighted by atomic mass is 9.90. The maximum absolute atomic E-state index is 6.25. The lowest BCUT2D eigenvalue weighted by Gasteiger charge is -2.36. The fraction of sp³-hybridized carbons (Fsp3) is 0.478. The van der Waals surface area contributed by atoms with Crippen molar-refractivity contribution in [3.05, 3.63) is 47.9 Å². The predicted octanol–water partition coefficient (Wildman–Crippen LogP) is 4.52. The maximum atomic E-state index is 6.25. The van der Waals surface area contributed by atoms with E-state index in [0.29, 0.717) is 12.1 Å². The zero-order valence-corrected chi connectivity index (χ0v) is 17.9. The molecule has 30 heavy (non-hydrogen) atoms. The van der Waals surface area contributed by atoms with E-state index in [1.54, 1.807) is 0 Å². The second-order valence-electron chi connectivity index (χ2n) is 8.25. The summed E-state index contributed by atoms with van der Waals surface area (Å²) in [5, 5.41) is 3.98. The number of halogens is 1. The highest BCUT2D eigenvalue weighted by atomic mass is 35.5. The van der Waals surface area contributed by atoms with Gasteiger partial charge in [0.15, 0.2) is 5.82 Å². The molecule has 0 radical (unpaired) electrons. The van der Waals surface area contributed by atoms with Crippen molar-refractivity contribution in [2.75, 3.05) is 31.6 Å². The number of ether oxygens (including phenoxy) is 1. The molecule has 1 aliphatic carbocycles. The lowest BCUT2D eigenvalue weighted by molar-refractivity contribution is 0.119. The molecule has 3 aromatic rings. The third kappa shape index (κ3) is 4.17. The number of hydrogen-bond donors (Lipinski definition) is 1. The molecule has 1 saturated carbocycles. The highest BCUT2D eigenvalue weighted by molar-refractivity contribution is 6.28. The standard InChI is InChI=1S/C23H28ClN5O/c24-23-26-20-11-13-29(19-5-2-1-3-6-19)21(20)22(27-23)25-17-7-9-18(10-8-17)28-12-4-15-30-16-14-28/h1-3,5-6,11,13,17-18H,4,7-10,12,14-16H2,(H,25,26,27). The van der Waals surface area contributed by atoms with Crippen LogP contribution in [-0.4, -0.2) is 57.8 Å². The Morgan fingerprint density at radius 3 is 2.63 bits per heavy atom. The average Bonchev–Trinajstić information content (AvgIpc) is 3.01. The molecule has 1 saturated heterocycles. The van der Waals surface area contributed by atoms with Crippen LogP contribution < -0.4 is 5.32 Å². The Kier molecular flexibility index (Phi) is 5.88. The van der Waals surface area contributed by atoms with Gasteiger partial charge in [-0.2, -0.15) is 4.98 Å². The zero-order chi connectivity index (χ0) is 20.3. The minimum absolute atomic E-state index is 0.286. The summed E-state index contributed by atoms with van der Waals surface area (Å²) >= 11 is 6.25. The van der Waals surface area contributed by atoms with E-state index in [9.17, 15) is 0 Å². The van der Waals surface area contributed by atoms with Crippen molar-refractivity contribution in [1.29, 1.82) is 0 Å². The van der Waals surface area contributed by atoms with Gasteiger partial charge in [0.1, 0.15) is 5.52 Å². The van der Waals surface area contributed by atoms with Gasteiger partial charge in [-0.3, -0.25) is 4.90 Å². The number of aromatic nitrogens is 3. The van der Waals surface area contributed by atoms with Gasteiger partial charge in [-0.05, 0) is 61.9 Å². The molecule has 2 aliphatic rings. The lowest BCUT2D eigenvalue weighted by Crippen LogP contribution is -2.41. The summed E-state index contributed by atoms with van der Waals surface area (Å²) in [6.07, 6.45) is 7.87. The summed E-state index contributed by atoms with van der Waals surface area (Å²) in [5.74, 6) is 0.825. The van der Waals surface area contributed by atoms with Crippen LogP contribution in [0, 0.1) is 0 Å². The van der Waals surface area contributed by atoms with Gasteiger partial charge < -0.3 is 14.6 Å². The van der Waals surface area contributed by atoms with Crippen LogP contribution in [0.3, 0.4) is 0 Å². The average molecular weight is 426 g/mol. The van der Waals surface area contributed by atoms with E-state index in [1.165, 1.54) is 12.8 Å². The van der Waals surface area contributed by atoms with Crippen molar-refractivity contribution in [1.82, 2.24) is 19.4 Å². The normalized spacial score (nSPS) is 23.4. The van der Waals surface area contributed by atoms with Crippen LogP contribution in [0.4, 0.5) is 5.82 Å². The fourth-order valence-electron chi connectivity index (χ4n) is 4.83. The Morgan fingerprint density at radius 1 is 0.967 bits per heavy atom. The van der Waals surface area contributed by atoms with Crippen molar-refractivity contribution in [3.8, 4) is 5.69 Å². The minimum atomic E-state index is 0.286. The third-order valence-corrected chi connectivity index (χ3v) is 6.52. The number of hydrogen-bond acceptors (Lipinski definition) is 5. The van der Waals surface area contributed by atoms with Gasteiger partial charge in [0, 0.05) is 43.7 Å². The number of nitrogens with one attached hydrogen (secondary N) is 1. The highest BCUT2D eigenvalue weighted by Crippen LogP contribution is 2.30. The van der Waals surface area contributed by atoms with Gasteiger partial charge in [-0.1, -0.05) is 18.2 Å². The molecule has 6 nitrogen and oxygen atoms in total. The van der Waals surface area contributed by atoms with Gasteiger partial charge in [-0.25, -0.2) is 4.98 Å². The summed E-state index contributed by atoms with van der Waals surface area (Å²) in [6.45, 7) is 4.00. The van der Waals surface area contributed by atoms with E-state index in [4.69, 9.17) is 16.3 Å². The number of benzene rings is 1. The van der Waals surface area contributed by atoms with E-state index in [0.717, 1.165) is 68.1 Å². The molecular weight excluding hydrogens is 398 g/mol. The van der Waals surface area contributed by atoms with E-state index < -0.39 is 0 Å². The summed E-state index contributed by atoms with van der Waals surface area (Å²) in [6, 6.07) is 13.4. The molecule has 2 aromatic heterocycles. The van der Waals surface area contributed by atoms with Gasteiger partial charge in [-0.15, -0.1) is 0 Å². The number of fused-ring (bicyclic) bond motifs is 1. The van der Waals surface area contributed by atoms with Crippen LogP contribution in [0.2, 0.25) is 5.28 Å². The van der Waals surface area contributed by atoms with Gasteiger partial charge in [0.2, 0.25) is 5.28 Å². The SMILES string of the molecule is Clc1nc(NC2CCC(N3CCCOCC3)CC2)c2c(ccn2-c2ccccc2)n1. The summed E-state index contributed by atoms with van der Waals surface area (Å²) < 4.78 is 7.76. The van der Waals surface area contributed by atoms with Crippen LogP contribution >= 0.6 is 11.6 Å². The Morgan fingerprint density at radius 2 is 1.80 bits per heavy atom. The van der Waals surface area contributed by atoms with E-state index in [-0.39, 0.29) is 5.28 Å². The van der Waals surface area contributed by atoms with Crippen molar-refractivity contribution >= 4 is 28.5 Å². The molecule has 1 aliphatic heterocycles. The number of para-hydroxylation sites is 1. The molecule has 0 unspecified atom stereocenters. The first-order chi connectivity index (χ1) is 14.8. The molecule has 0 spiro atoms. The molecule has 1 aromatic carbocycles. The van der Waals surface area contributed by atoms with Crippen molar-refractivity contribution in [2.45, 2.75) is 44.2 Å². The van der Waals surface area contributed by atoms with Crippen molar-refractivity contribution < 1.29 is 4.74 Å². The molecule has 3 heterocycles. The molecular formula is C23H28ClN5O. The van der Waals surface area contributed by atoms with Crippen LogP contribution in [0.5, 0.6) is 0 Å². The van der Waals surface area contributed by atoms with E-state index >= 15 is 0 Å². The molecule has 0 atom stereocenters. The first kappa shape index (κ1) is 19.8. The fourth-order valence-corrected chi connectivity index (χ4v) is 5.01. The monoisotopic (exact) mass is 425 g/mol. The van der Waals surface area contributed by atoms with E-state index in [1.807, 2.05) is 30.5 Å². The Bertz CT molecular complexity index is 976. The molecule has 0 amide bonds. The molecule has 0 bridgehead atoms. The first-order valence-electron chi connectivity index (χ1n) is 11.0. The van der Waals surface area contributed by atoms with Crippen LogP contribution in [0.25, 0.3) is 16.7 Å². The van der Waals surface area contributed by atoms with Crippen LogP contribution in [0.15, 0.2) is 42.6 Å². The van der Waals surface area contributed by atoms with Crippen LogP contribution in [-0.2, 0) is 4.74 Å². The number of rotatable bonds is 4. The van der Waals surface area contributed by atoms with Crippen molar-refractivity contribution in [3.63, 3.8) is 0 Å². The number of anilines is 1. The van der Waals surface area contributed by atoms with Gasteiger partial charge in [0.05, 0.1) is 12.1 Å². The topological polar surface area (TPSA) is 55.2 Å². The molecule has 2 fully saturated rings. The largest absolute Gasteiger partial charge is 0.380 e.